The molecule has 0 radical (unpaired) electrons. The van der Waals surface area contributed by atoms with Crippen LogP contribution in [-0.4, -0.2) is 128 Å². The number of piperazine rings is 1. The monoisotopic (exact) mass is 805 g/mol. The van der Waals surface area contributed by atoms with Gasteiger partial charge in [0.05, 0.1) is 17.6 Å². The van der Waals surface area contributed by atoms with Gasteiger partial charge in [-0.2, -0.15) is 0 Å². The van der Waals surface area contributed by atoms with Crippen molar-refractivity contribution in [2.24, 2.45) is 57.7 Å². The van der Waals surface area contributed by atoms with E-state index in [0.717, 1.165) is 63.4 Å². The van der Waals surface area contributed by atoms with Crippen molar-refractivity contribution >= 4 is 12.3 Å². The van der Waals surface area contributed by atoms with E-state index >= 15 is 0 Å². The van der Waals surface area contributed by atoms with E-state index < -0.39 is 22.2 Å². The molecule has 1 N–H and O–H groups in total. The van der Waals surface area contributed by atoms with Gasteiger partial charge in [-0.15, -0.1) is 0 Å². The molecule has 7 fully saturated rings. The molecule has 0 aromatic rings. The number of aldehydes is 1. The van der Waals surface area contributed by atoms with Crippen LogP contribution in [0.1, 0.15) is 143 Å². The molecular weight excluding hydrogens is 721 g/mol. The molecule has 8 heteroatoms. The quantitative estimate of drug-likeness (QED) is 0.0746. The van der Waals surface area contributed by atoms with Crippen LogP contribution in [0, 0.1) is 57.7 Å². The van der Waals surface area contributed by atoms with Crippen molar-refractivity contribution < 1.29 is 19.4 Å². The van der Waals surface area contributed by atoms with E-state index in [4.69, 9.17) is 4.74 Å². The molecule has 3 saturated heterocycles. The second-order valence-electron chi connectivity index (χ2n) is 21.7. The van der Waals surface area contributed by atoms with E-state index in [2.05, 4.69) is 53.4 Å². The fourth-order valence-corrected chi connectivity index (χ4v) is 15.6. The maximum atomic E-state index is 14.4. The van der Waals surface area contributed by atoms with Crippen molar-refractivity contribution in [1.82, 2.24) is 19.6 Å². The number of carbonyl (C=O) groups is 2. The van der Waals surface area contributed by atoms with E-state index in [1.807, 2.05) is 0 Å². The van der Waals surface area contributed by atoms with Crippen LogP contribution in [0.2, 0.25) is 0 Å². The summed E-state index contributed by atoms with van der Waals surface area (Å²) in [6, 6.07) is 0. The zero-order chi connectivity index (χ0) is 40.5. The third-order valence-electron chi connectivity index (χ3n) is 18.5. The van der Waals surface area contributed by atoms with Gasteiger partial charge in [-0.3, -0.25) is 19.5 Å². The Morgan fingerprint density at radius 3 is 2.24 bits per heavy atom. The first kappa shape index (κ1) is 43.3. The lowest BCUT2D eigenvalue weighted by molar-refractivity contribution is -0.197. The number of nitrogens with zero attached hydrogens (tertiary/aromatic N) is 4. The second kappa shape index (κ2) is 18.6. The first-order valence-corrected chi connectivity index (χ1v) is 25.1. The van der Waals surface area contributed by atoms with Gasteiger partial charge in [0.15, 0.2) is 0 Å². The fourth-order valence-electron chi connectivity index (χ4n) is 15.6. The number of fused-ring (bicyclic) bond motifs is 2. The zero-order valence-corrected chi connectivity index (χ0v) is 37.5. The summed E-state index contributed by atoms with van der Waals surface area (Å²) in [4.78, 5) is 39.2. The second-order valence-corrected chi connectivity index (χ2v) is 21.7. The smallest absolute Gasteiger partial charge is 0.315 e. The lowest BCUT2D eigenvalue weighted by atomic mass is 9.41. The van der Waals surface area contributed by atoms with Gasteiger partial charge in [0.25, 0.3) is 0 Å². The van der Waals surface area contributed by atoms with Crippen molar-refractivity contribution in [2.75, 3.05) is 78.5 Å². The van der Waals surface area contributed by atoms with E-state index in [1.165, 1.54) is 142 Å². The maximum absolute atomic E-state index is 14.4. The number of allylic oxidation sites excluding steroid dienone is 1. The average Bonchev–Trinajstić information content (AvgIpc) is 4.06. The number of carboxylic acid groups (broad SMARTS) is 1. The Kier molecular flexibility index (Phi) is 13.9. The molecule has 3 unspecified atom stereocenters. The van der Waals surface area contributed by atoms with E-state index in [9.17, 15) is 14.7 Å². The first-order valence-electron chi connectivity index (χ1n) is 25.1. The molecule has 4 saturated carbocycles. The molecule has 10 atom stereocenters. The minimum Gasteiger partial charge on any atom is -0.481 e. The Morgan fingerprint density at radius 1 is 0.879 bits per heavy atom. The molecule has 0 aromatic heterocycles. The van der Waals surface area contributed by atoms with Crippen LogP contribution in [-0.2, 0) is 14.3 Å². The normalized spacial score (nSPS) is 39.6. The van der Waals surface area contributed by atoms with Gasteiger partial charge in [0, 0.05) is 64.3 Å². The highest BCUT2D eigenvalue weighted by atomic mass is 16.5. The van der Waals surface area contributed by atoms with Gasteiger partial charge in [0.1, 0.15) is 11.7 Å². The number of carbonyl (C=O) groups excluding carboxylic acids is 1. The summed E-state index contributed by atoms with van der Waals surface area (Å²) in [5.41, 5.74) is -1.46. The third-order valence-corrected chi connectivity index (χ3v) is 18.5. The SMILES string of the molecule is CCCCCCCN(CCN1CCN(CCN2CCCCC2)CC1)C[C@@H]1O[C@@H](C23C[C@@H]4[C@H](C)CC[C@H]4C4(C=O)CC2C=C(C(C)C)[C@]43C(=O)O)C[C@H]1CC1CCCC1. The third kappa shape index (κ3) is 7.74. The van der Waals surface area contributed by atoms with Crippen molar-refractivity contribution in [3.8, 4) is 0 Å². The Labute approximate surface area is 353 Å². The molecule has 58 heavy (non-hydrogen) atoms. The molecule has 8 nitrogen and oxygen atoms in total. The minimum absolute atomic E-state index is 0.0988. The Bertz CT molecular complexity index is 1420. The number of ether oxygens (including phenoxy) is 1. The number of likely N-dealkylation sites (tertiary alicyclic amines) is 1. The maximum Gasteiger partial charge on any atom is 0.315 e. The van der Waals surface area contributed by atoms with Crippen molar-refractivity contribution in [1.29, 1.82) is 0 Å². The molecule has 4 bridgehead atoms. The van der Waals surface area contributed by atoms with Gasteiger partial charge < -0.3 is 19.5 Å². The molecular formula is C50H84N4O4. The van der Waals surface area contributed by atoms with Gasteiger partial charge in [-0.25, -0.2) is 0 Å². The van der Waals surface area contributed by atoms with Gasteiger partial charge in [-0.05, 0) is 112 Å². The van der Waals surface area contributed by atoms with Crippen LogP contribution in [0.25, 0.3) is 0 Å². The van der Waals surface area contributed by atoms with Gasteiger partial charge in [0.2, 0.25) is 0 Å². The molecule has 3 aliphatic heterocycles. The zero-order valence-electron chi connectivity index (χ0n) is 37.5. The highest BCUT2D eigenvalue weighted by Crippen LogP contribution is 2.84. The number of hydrogen-bond acceptors (Lipinski definition) is 7. The summed E-state index contributed by atoms with van der Waals surface area (Å²) in [6.45, 7) is 23.1. The predicted octanol–water partition coefficient (Wildman–Crippen LogP) is 8.64. The number of unbranched alkanes of at least 4 members (excludes halogenated alkanes) is 4. The van der Waals surface area contributed by atoms with Crippen LogP contribution >= 0.6 is 0 Å². The topological polar surface area (TPSA) is 76.6 Å². The highest BCUT2D eigenvalue weighted by molar-refractivity contribution is 5.90. The van der Waals surface area contributed by atoms with Crippen LogP contribution in [0.4, 0.5) is 0 Å². The summed E-state index contributed by atoms with van der Waals surface area (Å²) < 4.78 is 7.68. The average molecular weight is 805 g/mol. The summed E-state index contributed by atoms with van der Waals surface area (Å²) in [5.74, 6) is 1.80. The molecule has 0 aromatic carbocycles. The number of hydrogen-bond donors (Lipinski definition) is 1. The van der Waals surface area contributed by atoms with Crippen LogP contribution in [0.15, 0.2) is 11.6 Å². The molecule has 0 spiro atoms. The minimum atomic E-state index is -1.15. The Morgan fingerprint density at radius 2 is 1.57 bits per heavy atom. The van der Waals surface area contributed by atoms with Crippen LogP contribution < -0.4 is 0 Å². The first-order chi connectivity index (χ1) is 28.2. The van der Waals surface area contributed by atoms with Crippen molar-refractivity contribution in [3.63, 3.8) is 0 Å². The van der Waals surface area contributed by atoms with Crippen molar-refractivity contribution in [3.05, 3.63) is 11.6 Å². The summed E-state index contributed by atoms with van der Waals surface area (Å²) in [7, 11) is 0. The summed E-state index contributed by atoms with van der Waals surface area (Å²) in [5, 5.41) is 11.8. The van der Waals surface area contributed by atoms with E-state index in [1.54, 1.807) is 0 Å². The Balaban J connectivity index is 1.01. The van der Waals surface area contributed by atoms with Crippen molar-refractivity contribution in [2.45, 2.75) is 155 Å². The Hall–Kier alpha value is -1.32. The standard InChI is InChI=1S/C50H84N4O4/c1-5-6-7-8-12-21-54(29-28-53-26-24-52(25-27-53)23-22-51-19-13-9-14-20-51)35-45-40(30-39-15-10-11-16-39)31-46(58-45)49-34-42-38(4)17-18-43(42)48(36-55)33-41(49)32-44(37(2)3)50(48,49)47(56)57/h32,36-43,45-46H,5-31,33-35H2,1-4H3,(H,56,57)/t38-,40-,41?,42-,43-,45+,46-,48?,49?,50+/m1/s1. The molecule has 3 heterocycles. The molecule has 8 aliphatic rings. The molecule has 8 rings (SSSR count). The summed E-state index contributed by atoms with van der Waals surface area (Å²) in [6.07, 6.45) is 25.5. The van der Waals surface area contributed by atoms with E-state index in [-0.39, 0.29) is 30.0 Å². The van der Waals surface area contributed by atoms with Crippen LogP contribution in [0.3, 0.4) is 0 Å². The molecule has 5 aliphatic carbocycles. The molecule has 0 amide bonds. The van der Waals surface area contributed by atoms with E-state index in [0.29, 0.717) is 24.2 Å². The number of carboxylic acids is 1. The fraction of sp³-hybridized carbons (Fsp3) is 0.920. The molecule has 328 valence electrons. The lowest BCUT2D eigenvalue weighted by Crippen LogP contribution is -2.65. The predicted molar refractivity (Wildman–Crippen MR) is 234 cm³/mol. The highest BCUT2D eigenvalue weighted by Gasteiger charge is 2.86. The number of aliphatic carboxylic acids is 1. The lowest BCUT2D eigenvalue weighted by Gasteiger charge is -2.60. The summed E-state index contributed by atoms with van der Waals surface area (Å²) >= 11 is 0. The van der Waals surface area contributed by atoms with Crippen LogP contribution in [0.5, 0.6) is 0 Å². The number of rotatable bonds is 20. The van der Waals surface area contributed by atoms with Gasteiger partial charge >= 0.3 is 5.97 Å². The number of piperidine rings is 1. The largest absolute Gasteiger partial charge is 0.481 e. The van der Waals surface area contributed by atoms with Gasteiger partial charge in [-0.1, -0.05) is 104 Å².